The van der Waals surface area contributed by atoms with E-state index < -0.39 is 0 Å². The molecule has 3 aromatic rings. The van der Waals surface area contributed by atoms with Gasteiger partial charge in [-0.15, -0.1) is 0 Å². The van der Waals surface area contributed by atoms with E-state index in [-0.39, 0.29) is 36.3 Å². The quantitative estimate of drug-likeness (QED) is 0.383. The van der Waals surface area contributed by atoms with Gasteiger partial charge in [0.15, 0.2) is 0 Å². The molecule has 0 aliphatic carbocycles. The van der Waals surface area contributed by atoms with Crippen molar-refractivity contribution < 1.29 is 23.5 Å². The first kappa shape index (κ1) is 27.5. The summed E-state index contributed by atoms with van der Waals surface area (Å²) in [5, 5.41) is 3.08. The second kappa shape index (κ2) is 12.4. The monoisotopic (exact) mass is 559 g/mol. The van der Waals surface area contributed by atoms with Crippen molar-refractivity contribution in [2.45, 2.75) is 37.2 Å². The predicted molar refractivity (Wildman–Crippen MR) is 153 cm³/mol. The van der Waals surface area contributed by atoms with Crippen LogP contribution in [-0.2, 0) is 16.1 Å². The first-order chi connectivity index (χ1) is 19.4. The van der Waals surface area contributed by atoms with Crippen molar-refractivity contribution in [1.82, 2.24) is 10.2 Å². The molecular weight excluding hydrogens is 529 g/mol. The topological polar surface area (TPSA) is 79.0 Å². The Balaban J connectivity index is 1.37. The van der Waals surface area contributed by atoms with E-state index >= 15 is 0 Å². The number of carbonyl (C=O) groups excluding carboxylic acids is 3. The van der Waals surface area contributed by atoms with Crippen LogP contribution in [0.25, 0.3) is 6.08 Å². The highest BCUT2D eigenvalue weighted by Crippen LogP contribution is 2.43. The van der Waals surface area contributed by atoms with Crippen LogP contribution in [0.3, 0.4) is 0 Å². The fraction of sp³-hybridized carbons (Fsp3) is 0.258. The summed E-state index contributed by atoms with van der Waals surface area (Å²) < 4.78 is 18.6. The molecule has 5 rings (SSSR count). The molecule has 0 radical (unpaired) electrons. The standard InChI is InChI=1S/C31H30FN3O4S/c1-2-39-31(38)34-16-14-25(15-17-34)33-29(36)23-10-13-27-26(19-23)35(20-22-8-11-24(32)12-9-22)30(37)28(40-27)18-21-6-4-3-5-7-21/h3-13,18-19,25H,2,14-17,20H2,1H3,(H,33,36). The number of thioether (sulfide) groups is 1. The minimum Gasteiger partial charge on any atom is -0.450 e. The van der Waals surface area contributed by atoms with Gasteiger partial charge < -0.3 is 19.9 Å². The molecule has 0 spiro atoms. The van der Waals surface area contributed by atoms with E-state index in [1.807, 2.05) is 42.5 Å². The van der Waals surface area contributed by atoms with E-state index in [4.69, 9.17) is 4.74 Å². The number of carbonyl (C=O) groups is 3. The van der Waals surface area contributed by atoms with Crippen molar-refractivity contribution in [3.63, 3.8) is 0 Å². The van der Waals surface area contributed by atoms with Gasteiger partial charge in [-0.25, -0.2) is 9.18 Å². The number of hydrogen-bond donors (Lipinski definition) is 1. The lowest BCUT2D eigenvalue weighted by Crippen LogP contribution is -2.46. The van der Waals surface area contributed by atoms with Crippen molar-refractivity contribution in [1.29, 1.82) is 0 Å². The number of benzene rings is 3. The molecule has 1 saturated heterocycles. The third kappa shape index (κ3) is 6.37. The number of nitrogens with one attached hydrogen (secondary N) is 1. The summed E-state index contributed by atoms with van der Waals surface area (Å²) >= 11 is 1.37. The number of hydrogen-bond acceptors (Lipinski definition) is 5. The maximum absolute atomic E-state index is 13.7. The molecule has 3 amide bonds. The number of halogens is 1. The lowest BCUT2D eigenvalue weighted by Gasteiger charge is -2.32. The average Bonchev–Trinajstić information content (AvgIpc) is 2.97. The molecule has 206 valence electrons. The molecule has 0 atom stereocenters. The summed E-state index contributed by atoms with van der Waals surface area (Å²) in [5.41, 5.74) is 2.76. The summed E-state index contributed by atoms with van der Waals surface area (Å²) in [6.07, 6.45) is 2.80. The molecule has 2 aliphatic rings. The number of anilines is 1. The van der Waals surface area contributed by atoms with E-state index in [0.717, 1.165) is 16.0 Å². The van der Waals surface area contributed by atoms with Crippen LogP contribution < -0.4 is 10.2 Å². The third-order valence-corrected chi connectivity index (χ3v) is 7.97. The Morgan fingerprint density at radius 3 is 2.48 bits per heavy atom. The molecule has 0 aromatic heterocycles. The number of ether oxygens (including phenoxy) is 1. The predicted octanol–water partition coefficient (Wildman–Crippen LogP) is 5.86. The maximum Gasteiger partial charge on any atom is 0.409 e. The Kier molecular flexibility index (Phi) is 8.50. The van der Waals surface area contributed by atoms with Crippen molar-refractivity contribution in [2.75, 3.05) is 24.6 Å². The summed E-state index contributed by atoms with van der Waals surface area (Å²) in [7, 11) is 0. The van der Waals surface area contributed by atoms with Crippen LogP contribution >= 0.6 is 11.8 Å². The van der Waals surface area contributed by atoms with Crippen molar-refractivity contribution in [3.05, 3.63) is 100 Å². The van der Waals surface area contributed by atoms with Crippen LogP contribution in [0.2, 0.25) is 0 Å². The Morgan fingerprint density at radius 2 is 1.77 bits per heavy atom. The Morgan fingerprint density at radius 1 is 1.05 bits per heavy atom. The van der Waals surface area contributed by atoms with Gasteiger partial charge in [-0.2, -0.15) is 0 Å². The van der Waals surface area contributed by atoms with E-state index in [1.54, 1.807) is 41.0 Å². The van der Waals surface area contributed by atoms with Gasteiger partial charge in [-0.05, 0) is 67.3 Å². The van der Waals surface area contributed by atoms with Crippen LogP contribution in [0.5, 0.6) is 0 Å². The molecule has 3 aromatic carbocycles. The highest BCUT2D eigenvalue weighted by molar-refractivity contribution is 8.04. The average molecular weight is 560 g/mol. The van der Waals surface area contributed by atoms with Crippen LogP contribution in [0, 0.1) is 5.82 Å². The molecule has 9 heteroatoms. The second-order valence-corrected chi connectivity index (χ2v) is 10.7. The van der Waals surface area contributed by atoms with E-state index in [9.17, 15) is 18.8 Å². The maximum atomic E-state index is 13.7. The van der Waals surface area contributed by atoms with Crippen molar-refractivity contribution in [2.24, 2.45) is 0 Å². The number of likely N-dealkylation sites (tertiary alicyclic amines) is 1. The highest BCUT2D eigenvalue weighted by atomic mass is 32.2. The minimum absolute atomic E-state index is 0.0686. The summed E-state index contributed by atoms with van der Waals surface area (Å²) in [6, 6.07) is 21.0. The molecule has 0 saturated carbocycles. The van der Waals surface area contributed by atoms with Crippen molar-refractivity contribution in [3.8, 4) is 0 Å². The third-order valence-electron chi connectivity index (χ3n) is 6.90. The molecule has 40 heavy (non-hydrogen) atoms. The Bertz CT molecular complexity index is 1420. The molecule has 2 heterocycles. The molecule has 1 fully saturated rings. The summed E-state index contributed by atoms with van der Waals surface area (Å²) in [4.78, 5) is 43.6. The van der Waals surface area contributed by atoms with Gasteiger partial charge in [-0.1, -0.05) is 54.2 Å². The normalized spacial score (nSPS) is 16.6. The zero-order valence-electron chi connectivity index (χ0n) is 22.1. The van der Waals surface area contributed by atoms with E-state index in [0.29, 0.717) is 48.7 Å². The molecule has 7 nitrogen and oxygen atoms in total. The van der Waals surface area contributed by atoms with Crippen LogP contribution in [0.15, 0.2) is 82.6 Å². The number of piperidine rings is 1. The smallest absolute Gasteiger partial charge is 0.409 e. The Labute approximate surface area is 237 Å². The van der Waals surface area contributed by atoms with Gasteiger partial charge in [0, 0.05) is 29.6 Å². The lowest BCUT2D eigenvalue weighted by molar-refractivity contribution is -0.114. The van der Waals surface area contributed by atoms with Gasteiger partial charge in [0.1, 0.15) is 5.82 Å². The zero-order chi connectivity index (χ0) is 28.1. The first-order valence-corrected chi connectivity index (χ1v) is 14.1. The fourth-order valence-corrected chi connectivity index (χ4v) is 5.81. The summed E-state index contributed by atoms with van der Waals surface area (Å²) in [6.45, 7) is 3.37. The highest BCUT2D eigenvalue weighted by Gasteiger charge is 2.31. The zero-order valence-corrected chi connectivity index (χ0v) is 23.0. The van der Waals surface area contributed by atoms with Crippen LogP contribution in [-0.4, -0.2) is 48.5 Å². The van der Waals surface area contributed by atoms with Gasteiger partial charge in [0.25, 0.3) is 11.8 Å². The van der Waals surface area contributed by atoms with Crippen LogP contribution in [0.1, 0.15) is 41.3 Å². The SMILES string of the molecule is CCOC(=O)N1CCC(NC(=O)c2ccc3c(c2)N(Cc2ccc(F)cc2)C(=O)C(=Cc2ccccc2)S3)CC1. The molecule has 2 aliphatic heterocycles. The number of rotatable bonds is 6. The number of fused-ring (bicyclic) bond motifs is 1. The van der Waals surface area contributed by atoms with Crippen molar-refractivity contribution >= 4 is 41.4 Å². The minimum atomic E-state index is -0.346. The second-order valence-electron chi connectivity index (χ2n) is 9.66. The summed E-state index contributed by atoms with van der Waals surface area (Å²) in [5.74, 6) is -0.766. The fourth-order valence-electron chi connectivity index (χ4n) is 4.77. The van der Waals surface area contributed by atoms with Gasteiger partial charge in [-0.3, -0.25) is 9.59 Å². The first-order valence-electron chi connectivity index (χ1n) is 13.3. The lowest BCUT2D eigenvalue weighted by atomic mass is 10.0. The van der Waals surface area contributed by atoms with Gasteiger partial charge >= 0.3 is 6.09 Å². The molecule has 0 bridgehead atoms. The van der Waals surface area contributed by atoms with Crippen LogP contribution in [0.4, 0.5) is 14.9 Å². The Hall–Kier alpha value is -4.11. The molecule has 1 N–H and O–H groups in total. The molecule has 0 unspecified atom stereocenters. The largest absolute Gasteiger partial charge is 0.450 e. The van der Waals surface area contributed by atoms with E-state index in [1.165, 1.54) is 23.9 Å². The van der Waals surface area contributed by atoms with Gasteiger partial charge in [0.05, 0.1) is 23.7 Å². The van der Waals surface area contributed by atoms with Gasteiger partial charge in [0.2, 0.25) is 0 Å². The van der Waals surface area contributed by atoms with E-state index in [2.05, 4.69) is 5.32 Å². The molecular formula is C31H30FN3O4S. The number of amides is 3. The number of nitrogens with zero attached hydrogens (tertiary/aromatic N) is 2.